The zero-order valence-corrected chi connectivity index (χ0v) is 12.4. The highest BCUT2D eigenvalue weighted by Gasteiger charge is 2.13. The Hall–Kier alpha value is -2.06. The van der Waals surface area contributed by atoms with Crippen molar-refractivity contribution in [2.24, 2.45) is 0 Å². The van der Waals surface area contributed by atoms with Crippen LogP contribution in [-0.4, -0.2) is 25.6 Å². The fraction of sp³-hybridized carbons (Fsp3) is 0.438. The van der Waals surface area contributed by atoms with E-state index >= 15 is 0 Å². The highest BCUT2D eigenvalue weighted by molar-refractivity contribution is 5.77. The monoisotopic (exact) mass is 292 g/mol. The Kier molecular flexibility index (Phi) is 7.27. The quantitative estimate of drug-likeness (QED) is 0.721. The lowest BCUT2D eigenvalue weighted by molar-refractivity contribution is -0.122. The maximum atomic E-state index is 13.4. The molecule has 1 unspecified atom stereocenters. The molecule has 4 nitrogen and oxygen atoms in total. The van der Waals surface area contributed by atoms with Crippen LogP contribution in [0.2, 0.25) is 0 Å². The molecule has 0 saturated heterocycles. The molecule has 1 aromatic rings. The lowest BCUT2D eigenvalue weighted by Gasteiger charge is -2.18. The number of hydrogen-bond donors (Lipinski definition) is 2. The van der Waals surface area contributed by atoms with E-state index in [1.165, 1.54) is 12.1 Å². The van der Waals surface area contributed by atoms with E-state index in [0.717, 1.165) is 18.5 Å². The molecule has 0 aliphatic rings. The van der Waals surface area contributed by atoms with Crippen LogP contribution in [-0.2, 0) is 4.79 Å². The summed E-state index contributed by atoms with van der Waals surface area (Å²) < 4.78 is 18.8. The predicted molar refractivity (Wildman–Crippen MR) is 80.4 cm³/mol. The molecule has 0 radical (unpaired) electrons. The number of benzene rings is 1. The van der Waals surface area contributed by atoms with Crippen molar-refractivity contribution in [2.45, 2.75) is 26.3 Å². The Labute approximate surface area is 125 Å². The van der Waals surface area contributed by atoms with Gasteiger partial charge in [-0.2, -0.15) is 0 Å². The van der Waals surface area contributed by atoms with Crippen LogP contribution in [0.25, 0.3) is 0 Å². The van der Waals surface area contributed by atoms with E-state index in [2.05, 4.69) is 23.5 Å². The summed E-state index contributed by atoms with van der Waals surface area (Å²) in [6.07, 6.45) is 6.05. The summed E-state index contributed by atoms with van der Waals surface area (Å²) in [4.78, 5) is 11.5. The number of carbonyl (C=O) groups excluding carboxylic acids is 1. The summed E-state index contributed by atoms with van der Waals surface area (Å²) in [5.41, 5.74) is 0.814. The number of hydrogen-bond acceptors (Lipinski definition) is 3. The SMILES string of the molecule is C#CCNC(=O)COc1cc(F)ccc1C(C)NCCC. The first-order chi connectivity index (χ1) is 10.1. The van der Waals surface area contributed by atoms with Gasteiger partial charge in [-0.15, -0.1) is 6.42 Å². The van der Waals surface area contributed by atoms with Gasteiger partial charge in [0.2, 0.25) is 0 Å². The Bertz CT molecular complexity index is 511. The summed E-state index contributed by atoms with van der Waals surface area (Å²) in [6, 6.07) is 4.34. The molecule has 21 heavy (non-hydrogen) atoms. The fourth-order valence-corrected chi connectivity index (χ4v) is 1.81. The van der Waals surface area contributed by atoms with Gasteiger partial charge < -0.3 is 15.4 Å². The summed E-state index contributed by atoms with van der Waals surface area (Å²) in [7, 11) is 0. The zero-order chi connectivity index (χ0) is 15.7. The van der Waals surface area contributed by atoms with Crippen LogP contribution in [0.3, 0.4) is 0 Å². The van der Waals surface area contributed by atoms with Gasteiger partial charge in [0.05, 0.1) is 6.54 Å². The second kappa shape index (κ2) is 8.98. The lowest BCUT2D eigenvalue weighted by Crippen LogP contribution is -2.29. The van der Waals surface area contributed by atoms with Crippen molar-refractivity contribution in [1.82, 2.24) is 10.6 Å². The van der Waals surface area contributed by atoms with Crippen molar-refractivity contribution < 1.29 is 13.9 Å². The number of halogens is 1. The van der Waals surface area contributed by atoms with Crippen molar-refractivity contribution in [3.63, 3.8) is 0 Å². The number of rotatable bonds is 8. The molecule has 1 atom stereocenters. The molecule has 0 saturated carbocycles. The van der Waals surface area contributed by atoms with Gasteiger partial charge in [-0.05, 0) is 26.0 Å². The second-order valence-corrected chi connectivity index (χ2v) is 4.63. The minimum Gasteiger partial charge on any atom is -0.483 e. The fourth-order valence-electron chi connectivity index (χ4n) is 1.81. The maximum Gasteiger partial charge on any atom is 0.258 e. The number of nitrogens with one attached hydrogen (secondary N) is 2. The minimum atomic E-state index is -0.402. The first-order valence-electron chi connectivity index (χ1n) is 6.94. The molecule has 0 heterocycles. The molecule has 0 aliphatic heterocycles. The molecule has 0 fully saturated rings. The van der Waals surface area contributed by atoms with Gasteiger partial charge in [0.25, 0.3) is 5.91 Å². The van der Waals surface area contributed by atoms with Crippen molar-refractivity contribution in [2.75, 3.05) is 19.7 Å². The van der Waals surface area contributed by atoms with Crippen LogP contribution in [0, 0.1) is 18.2 Å². The standard InChI is InChI=1S/C16H21FN2O2/c1-4-8-18-12(3)14-7-6-13(17)10-15(14)21-11-16(20)19-9-5-2/h2,6-7,10,12,18H,4,8-9,11H2,1,3H3,(H,19,20). The van der Waals surface area contributed by atoms with Crippen molar-refractivity contribution >= 4 is 5.91 Å². The van der Waals surface area contributed by atoms with Crippen molar-refractivity contribution in [3.8, 4) is 18.1 Å². The Balaban J connectivity index is 2.73. The van der Waals surface area contributed by atoms with Crippen LogP contribution in [0.4, 0.5) is 4.39 Å². The predicted octanol–water partition coefficient (Wildman–Crippen LogP) is 2.01. The van der Waals surface area contributed by atoms with Gasteiger partial charge in [0.1, 0.15) is 11.6 Å². The topological polar surface area (TPSA) is 50.4 Å². The molecular weight excluding hydrogens is 271 g/mol. The van der Waals surface area contributed by atoms with E-state index in [-0.39, 0.29) is 25.1 Å². The summed E-state index contributed by atoms with van der Waals surface area (Å²) >= 11 is 0. The Morgan fingerprint density at radius 3 is 2.95 bits per heavy atom. The maximum absolute atomic E-state index is 13.4. The van der Waals surface area contributed by atoms with E-state index < -0.39 is 5.82 Å². The molecule has 0 aromatic heterocycles. The van der Waals surface area contributed by atoms with E-state index in [1.54, 1.807) is 6.07 Å². The van der Waals surface area contributed by atoms with Crippen LogP contribution in [0.1, 0.15) is 31.9 Å². The Morgan fingerprint density at radius 2 is 2.29 bits per heavy atom. The van der Waals surface area contributed by atoms with Gasteiger partial charge in [-0.1, -0.05) is 18.9 Å². The molecule has 1 aromatic carbocycles. The molecule has 0 spiro atoms. The van der Waals surface area contributed by atoms with E-state index in [4.69, 9.17) is 11.2 Å². The summed E-state index contributed by atoms with van der Waals surface area (Å²) in [5.74, 6) is 1.93. The van der Waals surface area contributed by atoms with Gasteiger partial charge in [0.15, 0.2) is 6.61 Å². The highest BCUT2D eigenvalue weighted by atomic mass is 19.1. The van der Waals surface area contributed by atoms with Gasteiger partial charge in [-0.3, -0.25) is 4.79 Å². The summed E-state index contributed by atoms with van der Waals surface area (Å²) in [5, 5.41) is 5.79. The van der Waals surface area contributed by atoms with Gasteiger partial charge in [0, 0.05) is 17.7 Å². The number of ether oxygens (including phenoxy) is 1. The molecule has 0 bridgehead atoms. The first kappa shape index (κ1) is 17.0. The van der Waals surface area contributed by atoms with Crippen LogP contribution < -0.4 is 15.4 Å². The van der Waals surface area contributed by atoms with Crippen LogP contribution in [0.15, 0.2) is 18.2 Å². The van der Waals surface area contributed by atoms with Gasteiger partial charge >= 0.3 is 0 Å². The highest BCUT2D eigenvalue weighted by Crippen LogP contribution is 2.26. The normalized spacial score (nSPS) is 11.5. The third-order valence-corrected chi connectivity index (χ3v) is 2.89. The molecule has 0 aliphatic carbocycles. The molecule has 2 N–H and O–H groups in total. The molecule has 1 rings (SSSR count). The minimum absolute atomic E-state index is 0.00863. The first-order valence-corrected chi connectivity index (χ1v) is 6.94. The smallest absolute Gasteiger partial charge is 0.258 e. The van der Waals surface area contributed by atoms with Crippen molar-refractivity contribution in [3.05, 3.63) is 29.6 Å². The van der Waals surface area contributed by atoms with E-state index in [1.807, 2.05) is 6.92 Å². The summed E-state index contributed by atoms with van der Waals surface area (Å²) in [6.45, 7) is 4.83. The molecule has 114 valence electrons. The average molecular weight is 292 g/mol. The molecule has 5 heteroatoms. The number of terminal acetylenes is 1. The lowest BCUT2D eigenvalue weighted by atomic mass is 10.1. The van der Waals surface area contributed by atoms with Gasteiger partial charge in [-0.25, -0.2) is 4.39 Å². The van der Waals surface area contributed by atoms with E-state index in [0.29, 0.717) is 5.75 Å². The average Bonchev–Trinajstić information content (AvgIpc) is 2.48. The third kappa shape index (κ3) is 5.84. The van der Waals surface area contributed by atoms with E-state index in [9.17, 15) is 9.18 Å². The number of amides is 1. The largest absolute Gasteiger partial charge is 0.483 e. The van der Waals surface area contributed by atoms with Crippen LogP contribution in [0.5, 0.6) is 5.75 Å². The third-order valence-electron chi connectivity index (χ3n) is 2.89. The molecular formula is C16H21FN2O2. The Morgan fingerprint density at radius 1 is 1.52 bits per heavy atom. The number of carbonyl (C=O) groups is 1. The van der Waals surface area contributed by atoms with Crippen LogP contribution >= 0.6 is 0 Å². The second-order valence-electron chi connectivity index (χ2n) is 4.63. The molecule has 1 amide bonds. The zero-order valence-electron chi connectivity index (χ0n) is 12.4. The van der Waals surface area contributed by atoms with Crippen molar-refractivity contribution in [1.29, 1.82) is 0 Å².